The van der Waals surface area contributed by atoms with Gasteiger partial charge < -0.3 is 60.5 Å². The Morgan fingerprint density at radius 1 is 0.211 bits per heavy atom. The molecule has 0 amide bonds. The molecule has 6 rings (SSSR count). The van der Waals surface area contributed by atoms with Gasteiger partial charge in [0.2, 0.25) is 0 Å². The van der Waals surface area contributed by atoms with E-state index in [2.05, 4.69) is 100 Å². The molecule has 128 heavy (non-hydrogen) atoms. The van der Waals surface area contributed by atoms with Crippen molar-refractivity contribution in [1.29, 1.82) is 0 Å². The summed E-state index contributed by atoms with van der Waals surface area (Å²) in [6.45, 7) is 8.98. The number of esters is 2. The van der Waals surface area contributed by atoms with Crippen LogP contribution in [0, 0.1) is 0 Å². The molecule has 6 unspecified atom stereocenters. The number of aliphatic carboxylic acids is 2. The number of carboxylic acids is 2. The second-order valence-electron chi connectivity index (χ2n) is 36.3. The third kappa shape index (κ3) is 60.0. The molecule has 0 aliphatic heterocycles. The highest BCUT2D eigenvalue weighted by atomic mass is 16.6. The van der Waals surface area contributed by atoms with Gasteiger partial charge in [-0.05, 0) is 244 Å². The Hall–Kier alpha value is -8.08. The molecule has 0 aromatic heterocycles. The largest absolute Gasteiger partial charge is 0.508 e. The van der Waals surface area contributed by atoms with Crippen molar-refractivity contribution >= 4 is 23.9 Å². The number of phenolic OH excluding ortho intramolecular Hbond substituents is 6. The van der Waals surface area contributed by atoms with E-state index in [1.54, 1.807) is 36.4 Å². The van der Waals surface area contributed by atoms with Gasteiger partial charge in [0.25, 0.3) is 0 Å². The highest BCUT2D eigenvalue weighted by Gasteiger charge is 2.22. The second kappa shape index (κ2) is 77.7. The standard InChI is InChI=1S/C56H86O7.C30H44O4.C24H40O3.C2H6O2/c1-3-5-7-8-13-19-25-46(49-32-38-52(57)39-33-49)26-20-14-9-11-16-22-28-55(60)62-44-45-63-56(61)29-23-17-12-10-15-21-27-48(51-36-42-54(59)43-37-51)31-30-47(24-18-6-4-2)50-34-40-53(58)41-35-50;1-2-3-8-11-24(26-16-20-28(31)21-17-26)14-15-25(27-18-22-29(32)23-19-27)12-9-6-4-5-7-10-13-30(33)34;1-2-3-4-5-8-11-14-21(22-17-19-23(25)20-18-22)15-12-9-6-7-10-13-16-24(26)27;3-1-2-4/h32-43,46-48,57-59H,3-31,44-45H2,1-2H3;16-25,31-32H,2-15H2,1H3,(H,33,34);17-21,25H,2-16H2,1H3,(H,26,27);3-4H,1-2H2. The first-order valence-electron chi connectivity index (χ1n) is 51.0. The number of rotatable bonds is 74. The molecule has 6 aromatic carbocycles. The van der Waals surface area contributed by atoms with Gasteiger partial charge in [-0.3, -0.25) is 19.2 Å². The molecule has 0 aliphatic rings. The molecule has 0 fully saturated rings. The first-order chi connectivity index (χ1) is 62.3. The summed E-state index contributed by atoms with van der Waals surface area (Å²) < 4.78 is 10.7. The Balaban J connectivity index is 0.000000541. The summed E-state index contributed by atoms with van der Waals surface area (Å²) >= 11 is 0. The normalized spacial score (nSPS) is 12.5. The number of phenols is 6. The molecule has 10 N–H and O–H groups in total. The molecule has 16 heteroatoms. The SMILES string of the molecule is CCCCCC(CCC(CCCCCCCCC(=O)O)c1ccc(O)cc1)c1ccc(O)cc1.CCCCCCCCC(CCCCCCCCC(=O)O)c1ccc(O)cc1.CCCCCCCCC(CCCCCCCCC(=O)OCCOC(=O)CCCCCCCCC(CCC(CCCCC)c1ccc(O)cc1)c1ccc(O)cc1)c1ccc(O)cc1.OCCO. The van der Waals surface area contributed by atoms with Gasteiger partial charge in [-0.25, -0.2) is 0 Å². The molecule has 0 aliphatic carbocycles. The number of aliphatic hydroxyl groups excluding tert-OH is 2. The number of benzene rings is 6. The van der Waals surface area contributed by atoms with Gasteiger partial charge in [-0.2, -0.15) is 0 Å². The van der Waals surface area contributed by atoms with Crippen molar-refractivity contribution in [2.75, 3.05) is 26.4 Å². The lowest BCUT2D eigenvalue weighted by Crippen LogP contribution is -2.13. The van der Waals surface area contributed by atoms with Crippen molar-refractivity contribution in [3.05, 3.63) is 179 Å². The molecule has 0 spiro atoms. The lowest BCUT2D eigenvalue weighted by Gasteiger charge is -2.23. The van der Waals surface area contributed by atoms with E-state index < -0.39 is 11.9 Å². The summed E-state index contributed by atoms with van der Waals surface area (Å²) in [7, 11) is 0. The zero-order valence-electron chi connectivity index (χ0n) is 80.1. The van der Waals surface area contributed by atoms with Crippen molar-refractivity contribution in [2.45, 2.75) is 436 Å². The maximum absolute atomic E-state index is 12.3. The van der Waals surface area contributed by atoms with Crippen LogP contribution in [0.25, 0.3) is 0 Å². The molecule has 0 saturated carbocycles. The summed E-state index contributed by atoms with van der Waals surface area (Å²) in [5.74, 6) is 3.16. The van der Waals surface area contributed by atoms with E-state index in [4.69, 9.17) is 29.9 Å². The summed E-state index contributed by atoms with van der Waals surface area (Å²) in [5.41, 5.74) is 7.94. The second-order valence-corrected chi connectivity index (χ2v) is 36.3. The maximum atomic E-state index is 12.3. The lowest BCUT2D eigenvalue weighted by molar-refractivity contribution is -0.152. The van der Waals surface area contributed by atoms with Crippen LogP contribution in [0.15, 0.2) is 146 Å². The van der Waals surface area contributed by atoms with Crippen LogP contribution in [0.2, 0.25) is 0 Å². The molecule has 6 atom stereocenters. The van der Waals surface area contributed by atoms with E-state index in [0.717, 1.165) is 148 Å². The molecular formula is C112H176O16. The van der Waals surface area contributed by atoms with Crippen molar-refractivity contribution in [3.8, 4) is 34.5 Å². The topological polar surface area (TPSA) is 289 Å². The Bertz CT molecular complexity index is 3580. The van der Waals surface area contributed by atoms with Crippen LogP contribution in [0.1, 0.15) is 469 Å². The Kier molecular flexibility index (Phi) is 69.2. The fourth-order valence-corrected chi connectivity index (χ4v) is 17.7. The number of unbranched alkanes of at least 4 members (excludes halogenated alkanes) is 34. The quantitative estimate of drug-likeness (QED) is 0.0125. The fraction of sp³-hybridized carbons (Fsp3) is 0.643. The van der Waals surface area contributed by atoms with Crippen molar-refractivity contribution in [1.82, 2.24) is 0 Å². The average Bonchev–Trinajstić information content (AvgIpc) is 0.761. The molecule has 0 heterocycles. The minimum atomic E-state index is -0.697. The molecule has 0 radical (unpaired) electrons. The van der Waals surface area contributed by atoms with E-state index >= 15 is 0 Å². The van der Waals surface area contributed by atoms with Crippen molar-refractivity contribution < 1.29 is 79.7 Å². The first-order valence-corrected chi connectivity index (χ1v) is 51.0. The van der Waals surface area contributed by atoms with Gasteiger partial charge in [0, 0.05) is 25.7 Å². The Morgan fingerprint density at radius 3 is 0.539 bits per heavy atom. The third-order valence-electron chi connectivity index (χ3n) is 25.5. The Morgan fingerprint density at radius 2 is 0.359 bits per heavy atom. The Labute approximate surface area is 774 Å². The van der Waals surface area contributed by atoms with Crippen molar-refractivity contribution in [3.63, 3.8) is 0 Å². The number of carbonyl (C=O) groups is 4. The van der Waals surface area contributed by atoms with E-state index in [9.17, 15) is 49.8 Å². The fourth-order valence-electron chi connectivity index (χ4n) is 17.7. The minimum Gasteiger partial charge on any atom is -0.508 e. The van der Waals surface area contributed by atoms with Gasteiger partial charge in [0.15, 0.2) is 0 Å². The smallest absolute Gasteiger partial charge is 0.305 e. The number of carbonyl (C=O) groups excluding carboxylic acids is 2. The van der Waals surface area contributed by atoms with Gasteiger partial charge in [-0.15, -0.1) is 0 Å². The van der Waals surface area contributed by atoms with Gasteiger partial charge in [-0.1, -0.05) is 344 Å². The third-order valence-corrected chi connectivity index (χ3v) is 25.5. The van der Waals surface area contributed by atoms with E-state index in [1.165, 1.54) is 232 Å². The van der Waals surface area contributed by atoms with Crippen LogP contribution in [0.4, 0.5) is 0 Å². The summed E-state index contributed by atoms with van der Waals surface area (Å²) in [5, 5.41) is 91.2. The van der Waals surface area contributed by atoms with Crippen LogP contribution in [-0.4, -0.2) is 101 Å². The number of hydrogen-bond acceptors (Lipinski definition) is 14. The molecule has 720 valence electrons. The molecule has 6 aromatic rings. The monoisotopic (exact) mass is 1780 g/mol. The highest BCUT2D eigenvalue weighted by Crippen LogP contribution is 2.39. The summed E-state index contributed by atoms with van der Waals surface area (Å²) in [6, 6.07) is 46.6. The number of aliphatic hydroxyl groups is 2. The predicted octanol–water partition coefficient (Wildman–Crippen LogP) is 30.8. The number of carboxylic acid groups (broad SMARTS) is 2. The lowest BCUT2D eigenvalue weighted by atomic mass is 9.82. The van der Waals surface area contributed by atoms with Gasteiger partial charge in [0.1, 0.15) is 47.7 Å². The van der Waals surface area contributed by atoms with E-state index in [1.807, 2.05) is 36.4 Å². The highest BCUT2D eigenvalue weighted by molar-refractivity contribution is 5.70. The summed E-state index contributed by atoms with van der Waals surface area (Å²) in [4.78, 5) is 45.6. The van der Waals surface area contributed by atoms with E-state index in [0.29, 0.717) is 89.3 Å². The van der Waals surface area contributed by atoms with Crippen LogP contribution < -0.4 is 0 Å². The molecule has 0 saturated heterocycles. The van der Waals surface area contributed by atoms with Crippen LogP contribution in [-0.2, 0) is 28.7 Å². The summed E-state index contributed by atoms with van der Waals surface area (Å²) in [6.07, 6.45) is 64.5. The van der Waals surface area contributed by atoms with Crippen molar-refractivity contribution in [2.24, 2.45) is 0 Å². The first kappa shape index (κ1) is 114. The maximum Gasteiger partial charge on any atom is 0.305 e. The number of ether oxygens (including phenoxy) is 2. The van der Waals surface area contributed by atoms with Crippen LogP contribution >= 0.6 is 0 Å². The average molecular weight is 1780 g/mol. The predicted molar refractivity (Wildman–Crippen MR) is 527 cm³/mol. The molecule has 16 nitrogen and oxygen atoms in total. The zero-order valence-corrected chi connectivity index (χ0v) is 80.1. The number of aromatic hydroxyl groups is 6. The van der Waals surface area contributed by atoms with Gasteiger partial charge in [0.05, 0.1) is 13.2 Å². The van der Waals surface area contributed by atoms with Crippen LogP contribution in [0.3, 0.4) is 0 Å². The minimum absolute atomic E-state index is 0.116. The molecule has 0 bridgehead atoms. The number of hydrogen-bond donors (Lipinski definition) is 10. The van der Waals surface area contributed by atoms with E-state index in [-0.39, 0.29) is 44.8 Å². The van der Waals surface area contributed by atoms with Gasteiger partial charge >= 0.3 is 23.9 Å². The zero-order chi connectivity index (χ0) is 92.9. The molecular weight excluding hydrogens is 1600 g/mol. The van der Waals surface area contributed by atoms with Crippen LogP contribution in [0.5, 0.6) is 34.5 Å².